The van der Waals surface area contributed by atoms with Crippen LogP contribution in [0.25, 0.3) is 0 Å². The first kappa shape index (κ1) is 8.13. The fraction of sp³-hybridized carbons (Fsp3) is 0. The fourth-order valence-electron chi connectivity index (χ4n) is 0.159. The second-order valence-corrected chi connectivity index (χ2v) is 1.65. The zero-order valence-corrected chi connectivity index (χ0v) is 5.30. The van der Waals surface area contributed by atoms with E-state index in [0.29, 0.717) is 0 Å². The monoisotopic (exact) mass is 172 g/mol. The van der Waals surface area contributed by atoms with Gasteiger partial charge >= 0.3 is 57.9 Å². The number of nitrogens with two attached hydrogens (primary N) is 1. The van der Waals surface area contributed by atoms with E-state index in [2.05, 4.69) is 21.3 Å². The molecule has 0 aromatic heterocycles. The first-order chi connectivity index (χ1) is 4.04. The van der Waals surface area contributed by atoms with Gasteiger partial charge in [-0.25, -0.2) is 0 Å². The van der Waals surface area contributed by atoms with E-state index in [-0.39, 0.29) is 0 Å². The number of hydrogen-bond donors (Lipinski definition) is 3. The first-order valence-electron chi connectivity index (χ1n) is 1.85. The summed E-state index contributed by atoms with van der Waals surface area (Å²) in [5, 5.41) is 9.85. The number of rotatable bonds is 2. The summed E-state index contributed by atoms with van der Waals surface area (Å²) in [5.74, 6) is -1.30. The third-order valence-corrected chi connectivity index (χ3v) is 0.787. The van der Waals surface area contributed by atoms with Crippen LogP contribution in [0.2, 0.25) is 0 Å². The van der Waals surface area contributed by atoms with Gasteiger partial charge in [0.15, 0.2) is 0 Å². The standard InChI is InChI=1S/C3H4N2O3.Fe/c4-3(8)5-1-2(6)7;/h(H,6,7)(H3,4,5,8);. The van der Waals surface area contributed by atoms with Crippen molar-refractivity contribution >= 4 is 16.5 Å². The molecule has 0 aromatic rings. The Labute approximate surface area is 58.6 Å². The van der Waals surface area contributed by atoms with E-state index < -0.39 is 16.5 Å². The number of aliphatic carboxylic acids is 1. The van der Waals surface area contributed by atoms with Gasteiger partial charge in [0.1, 0.15) is 0 Å². The quantitative estimate of drug-likeness (QED) is 0.438. The molecule has 0 rings (SSSR count). The Bertz CT molecular complexity index is 166. The van der Waals surface area contributed by atoms with Crippen molar-refractivity contribution in [3.05, 3.63) is 0 Å². The first-order valence-corrected chi connectivity index (χ1v) is 2.40. The topological polar surface area (TPSA) is 92.4 Å². The molecular formula is C3H4FeN2O3. The van der Waals surface area contributed by atoms with Gasteiger partial charge in [0.05, 0.1) is 0 Å². The van der Waals surface area contributed by atoms with E-state index in [4.69, 9.17) is 5.11 Å². The molecular weight excluding hydrogens is 168 g/mol. The van der Waals surface area contributed by atoms with Crippen molar-refractivity contribution in [1.82, 2.24) is 5.32 Å². The molecule has 5 nitrogen and oxygen atoms in total. The van der Waals surface area contributed by atoms with Crippen LogP contribution < -0.4 is 11.1 Å². The van der Waals surface area contributed by atoms with E-state index in [0.717, 1.165) is 0 Å². The summed E-state index contributed by atoms with van der Waals surface area (Å²) in [5.41, 5.74) is 4.56. The molecule has 0 fully saturated rings. The molecule has 0 aliphatic rings. The van der Waals surface area contributed by atoms with Crippen LogP contribution in [0.15, 0.2) is 0 Å². The molecule has 0 heterocycles. The molecule has 9 heavy (non-hydrogen) atoms. The van der Waals surface area contributed by atoms with Crippen molar-refractivity contribution in [2.75, 3.05) is 0 Å². The van der Waals surface area contributed by atoms with Crippen molar-refractivity contribution in [2.45, 2.75) is 0 Å². The Hall–Kier alpha value is -0.871. The SMILES string of the molecule is NC(=O)N[C](=[Fe])C(=O)O. The summed E-state index contributed by atoms with van der Waals surface area (Å²) in [7, 11) is 0. The minimum absolute atomic E-state index is 0.428. The van der Waals surface area contributed by atoms with Gasteiger partial charge in [-0.3, -0.25) is 0 Å². The second-order valence-electron chi connectivity index (χ2n) is 1.10. The van der Waals surface area contributed by atoms with Crippen molar-refractivity contribution in [3.63, 3.8) is 0 Å². The number of carboxylic acid groups (broad SMARTS) is 1. The van der Waals surface area contributed by atoms with E-state index in [1.807, 2.05) is 0 Å². The normalized spacial score (nSPS) is 8.11. The molecule has 0 saturated carbocycles. The Kier molecular flexibility index (Phi) is 2.90. The minimum atomic E-state index is -1.30. The van der Waals surface area contributed by atoms with Crippen LogP contribution >= 0.6 is 0 Å². The fourth-order valence-corrected chi connectivity index (χ4v) is 0.295. The summed E-state index contributed by atoms with van der Waals surface area (Å²) in [4.78, 5) is 19.8. The number of carbonyl (C=O) groups excluding carboxylic acids is 1. The molecule has 0 saturated heterocycles. The molecule has 0 atom stereocenters. The Morgan fingerprint density at radius 1 is 1.56 bits per heavy atom. The number of primary amides is 1. The summed E-state index contributed by atoms with van der Waals surface area (Å²) >= 11 is 2.98. The van der Waals surface area contributed by atoms with Crippen molar-refractivity contribution in [3.8, 4) is 0 Å². The zero-order valence-electron chi connectivity index (χ0n) is 4.19. The van der Waals surface area contributed by atoms with Gasteiger partial charge < -0.3 is 0 Å². The van der Waals surface area contributed by atoms with Crippen LogP contribution in [0.4, 0.5) is 4.79 Å². The number of nitrogens with one attached hydrogen (secondary N) is 1. The third-order valence-electron chi connectivity index (χ3n) is 0.412. The Morgan fingerprint density at radius 3 is 2.11 bits per heavy atom. The van der Waals surface area contributed by atoms with Gasteiger partial charge in [0.2, 0.25) is 0 Å². The van der Waals surface area contributed by atoms with Crippen molar-refractivity contribution < 1.29 is 30.3 Å². The third kappa shape index (κ3) is 3.69. The number of amides is 2. The molecule has 0 aromatic carbocycles. The van der Waals surface area contributed by atoms with Crippen molar-refractivity contribution in [1.29, 1.82) is 0 Å². The number of hydrogen-bond acceptors (Lipinski definition) is 2. The molecule has 0 spiro atoms. The van der Waals surface area contributed by atoms with E-state index >= 15 is 0 Å². The predicted octanol–water partition coefficient (Wildman–Crippen LogP) is -1.58. The number of carboxylic acids is 1. The summed E-state index contributed by atoms with van der Waals surface area (Å²) in [6.07, 6.45) is 0. The van der Waals surface area contributed by atoms with Gasteiger partial charge in [-0.05, 0) is 0 Å². The molecule has 0 unspecified atom stereocenters. The molecule has 52 valence electrons. The maximum atomic E-state index is 9.90. The van der Waals surface area contributed by atoms with Crippen LogP contribution in [-0.4, -0.2) is 21.6 Å². The van der Waals surface area contributed by atoms with Crippen LogP contribution in [0.1, 0.15) is 0 Å². The van der Waals surface area contributed by atoms with Crippen LogP contribution in [-0.2, 0) is 20.4 Å². The average Bonchev–Trinajstić information content (AvgIpc) is 1.63. The van der Waals surface area contributed by atoms with Gasteiger partial charge in [-0.1, -0.05) is 0 Å². The van der Waals surface area contributed by atoms with Gasteiger partial charge in [0, 0.05) is 0 Å². The van der Waals surface area contributed by atoms with E-state index in [1.54, 1.807) is 5.32 Å². The van der Waals surface area contributed by atoms with E-state index in [1.165, 1.54) is 0 Å². The molecule has 2 amide bonds. The van der Waals surface area contributed by atoms with Crippen molar-refractivity contribution in [2.24, 2.45) is 5.73 Å². The molecule has 4 N–H and O–H groups in total. The zero-order chi connectivity index (χ0) is 7.44. The maximum absolute atomic E-state index is 9.90. The van der Waals surface area contributed by atoms with Gasteiger partial charge in [-0.2, -0.15) is 0 Å². The predicted molar refractivity (Wildman–Crippen MR) is 25.4 cm³/mol. The summed E-state index contributed by atoms with van der Waals surface area (Å²) in [6.45, 7) is 0. The number of carbonyl (C=O) groups is 2. The second kappa shape index (κ2) is 3.21. The van der Waals surface area contributed by atoms with Gasteiger partial charge in [-0.15, -0.1) is 0 Å². The molecule has 0 bridgehead atoms. The summed E-state index contributed by atoms with van der Waals surface area (Å²) in [6, 6.07) is -0.928. The van der Waals surface area contributed by atoms with Crippen LogP contribution in [0.3, 0.4) is 0 Å². The molecule has 0 aliphatic carbocycles. The Morgan fingerprint density at radius 2 is 2.00 bits per heavy atom. The summed E-state index contributed by atoms with van der Waals surface area (Å²) < 4.78 is -0.428. The van der Waals surface area contributed by atoms with Crippen LogP contribution in [0, 0.1) is 0 Å². The molecule has 0 radical (unpaired) electrons. The van der Waals surface area contributed by atoms with E-state index in [9.17, 15) is 9.59 Å². The molecule has 6 heteroatoms. The van der Waals surface area contributed by atoms with Gasteiger partial charge in [0.25, 0.3) is 0 Å². The Balaban J connectivity index is 3.79. The molecule has 0 aliphatic heterocycles. The average molecular weight is 172 g/mol. The number of urea groups is 1. The van der Waals surface area contributed by atoms with Crippen LogP contribution in [0.5, 0.6) is 0 Å².